The molecule has 0 saturated carbocycles. The van der Waals surface area contributed by atoms with Gasteiger partial charge in [0.15, 0.2) is 6.17 Å². The zero-order valence-corrected chi connectivity index (χ0v) is 5.06. The summed E-state index contributed by atoms with van der Waals surface area (Å²) in [5.74, 6) is -0.592. The predicted octanol–water partition coefficient (Wildman–Crippen LogP) is 0.857. The lowest BCUT2D eigenvalue weighted by Crippen LogP contribution is -2.14. The van der Waals surface area contributed by atoms with Crippen LogP contribution in [0.25, 0.3) is 0 Å². The Kier molecular flexibility index (Phi) is 3.92. The number of carbonyl (C=O) groups is 1. The Bertz CT molecular complexity index is 95.0. The van der Waals surface area contributed by atoms with Gasteiger partial charge in [-0.3, -0.25) is 4.79 Å². The molecule has 0 amide bonds. The van der Waals surface area contributed by atoms with E-state index in [0.717, 1.165) is 6.92 Å². The molecule has 0 fully saturated rings. The Hall–Kier alpha value is -0.670. The molecule has 9 heavy (non-hydrogen) atoms. The van der Waals surface area contributed by atoms with Crippen LogP contribution in [0, 0.1) is 0 Å². The van der Waals surface area contributed by atoms with Crippen LogP contribution in [0.1, 0.15) is 6.92 Å². The highest BCUT2D eigenvalue weighted by Crippen LogP contribution is 1.92. The van der Waals surface area contributed by atoms with Gasteiger partial charge in [-0.2, -0.15) is 0 Å². The van der Waals surface area contributed by atoms with Gasteiger partial charge in [-0.05, 0) is 0 Å². The first kappa shape index (κ1) is 8.33. The third-order valence-electron chi connectivity index (χ3n) is 0.635. The second-order valence-electron chi connectivity index (χ2n) is 1.55. The first-order chi connectivity index (χ1) is 4.16. The van der Waals surface area contributed by atoms with E-state index in [4.69, 9.17) is 0 Å². The van der Waals surface area contributed by atoms with E-state index in [9.17, 15) is 13.6 Å². The van der Waals surface area contributed by atoms with Crippen molar-refractivity contribution in [3.05, 3.63) is 0 Å². The van der Waals surface area contributed by atoms with Crippen LogP contribution in [0.3, 0.4) is 0 Å². The van der Waals surface area contributed by atoms with Crippen LogP contribution in [-0.4, -0.2) is 25.4 Å². The summed E-state index contributed by atoms with van der Waals surface area (Å²) in [5.41, 5.74) is 0. The molecule has 0 spiro atoms. The first-order valence-corrected chi connectivity index (χ1v) is 2.50. The van der Waals surface area contributed by atoms with E-state index < -0.39 is 25.4 Å². The van der Waals surface area contributed by atoms with Crippen LogP contribution in [0.2, 0.25) is 0 Å². The van der Waals surface area contributed by atoms with Gasteiger partial charge in [-0.1, -0.05) is 0 Å². The molecule has 0 radical (unpaired) electrons. The summed E-state index contributed by atoms with van der Waals surface area (Å²) in [5, 5.41) is 0. The Morgan fingerprint density at radius 3 is 2.67 bits per heavy atom. The highest BCUT2D eigenvalue weighted by Gasteiger charge is 2.05. The largest absolute Gasteiger partial charge is 0.463 e. The highest BCUT2D eigenvalue weighted by molar-refractivity contribution is 5.65. The van der Waals surface area contributed by atoms with Crippen molar-refractivity contribution in [1.82, 2.24) is 0 Å². The van der Waals surface area contributed by atoms with E-state index in [2.05, 4.69) is 4.74 Å². The van der Waals surface area contributed by atoms with Crippen LogP contribution in [-0.2, 0) is 9.53 Å². The second-order valence-corrected chi connectivity index (χ2v) is 1.55. The lowest BCUT2D eigenvalue weighted by molar-refractivity contribution is -0.142. The minimum Gasteiger partial charge on any atom is -0.463 e. The van der Waals surface area contributed by atoms with Gasteiger partial charge in [-0.25, -0.2) is 8.78 Å². The summed E-state index contributed by atoms with van der Waals surface area (Å²) in [6.45, 7) is -0.440. The normalized spacial score (nSPS) is 12.8. The minimum absolute atomic E-state index is 0.480. The van der Waals surface area contributed by atoms with Gasteiger partial charge in [-0.15, -0.1) is 0 Å². The zero-order valence-electron chi connectivity index (χ0n) is 5.06. The standard InChI is InChI=1S/C5H8F2O2/c1-4(8)9-3-5(7)2-6/h5H,2-3H2,1H3. The number of esters is 1. The van der Waals surface area contributed by atoms with Crippen molar-refractivity contribution in [3.63, 3.8) is 0 Å². The fourth-order valence-electron chi connectivity index (χ4n) is 0.252. The Balaban J connectivity index is 3.16. The molecule has 0 N–H and O–H groups in total. The summed E-state index contributed by atoms with van der Waals surface area (Å²) < 4.78 is 27.3. The Morgan fingerprint density at radius 2 is 2.33 bits per heavy atom. The molecule has 0 aliphatic carbocycles. The highest BCUT2D eigenvalue weighted by atomic mass is 19.2. The van der Waals surface area contributed by atoms with Gasteiger partial charge < -0.3 is 4.74 Å². The lowest BCUT2D eigenvalue weighted by atomic mass is 10.5. The molecule has 4 heteroatoms. The fourth-order valence-corrected chi connectivity index (χ4v) is 0.252. The van der Waals surface area contributed by atoms with Gasteiger partial charge in [0, 0.05) is 6.92 Å². The molecule has 0 aromatic heterocycles. The molecule has 0 aliphatic rings. The van der Waals surface area contributed by atoms with Crippen molar-refractivity contribution in [3.8, 4) is 0 Å². The molecule has 1 atom stereocenters. The third kappa shape index (κ3) is 5.20. The molecule has 0 saturated heterocycles. The van der Waals surface area contributed by atoms with E-state index >= 15 is 0 Å². The zero-order chi connectivity index (χ0) is 7.28. The van der Waals surface area contributed by atoms with E-state index in [1.54, 1.807) is 0 Å². The van der Waals surface area contributed by atoms with Gasteiger partial charge in [0.25, 0.3) is 0 Å². The van der Waals surface area contributed by atoms with Crippen molar-refractivity contribution < 1.29 is 18.3 Å². The average molecular weight is 138 g/mol. The molecule has 0 bridgehead atoms. The number of ether oxygens (including phenoxy) is 1. The number of halogens is 2. The van der Waals surface area contributed by atoms with E-state index in [0.29, 0.717) is 0 Å². The monoisotopic (exact) mass is 138 g/mol. The number of hydrogen-bond donors (Lipinski definition) is 0. The molecule has 0 heterocycles. The third-order valence-corrected chi connectivity index (χ3v) is 0.635. The van der Waals surface area contributed by atoms with Gasteiger partial charge >= 0.3 is 5.97 Å². The van der Waals surface area contributed by atoms with Gasteiger partial charge in [0.2, 0.25) is 0 Å². The number of carbonyl (C=O) groups excluding carboxylic acids is 1. The lowest BCUT2D eigenvalue weighted by Gasteiger charge is -2.01. The molecule has 2 nitrogen and oxygen atoms in total. The van der Waals surface area contributed by atoms with Crippen LogP contribution in [0.5, 0.6) is 0 Å². The molecule has 0 aliphatic heterocycles. The molecule has 0 aromatic rings. The topological polar surface area (TPSA) is 26.3 Å². The van der Waals surface area contributed by atoms with Gasteiger partial charge in [0.05, 0.1) is 0 Å². The quantitative estimate of drug-likeness (QED) is 0.540. The summed E-state index contributed by atoms with van der Waals surface area (Å²) in [6, 6.07) is 0. The maximum absolute atomic E-state index is 11.8. The minimum atomic E-state index is -1.67. The summed E-state index contributed by atoms with van der Waals surface area (Å²) in [4.78, 5) is 9.95. The smallest absolute Gasteiger partial charge is 0.302 e. The maximum Gasteiger partial charge on any atom is 0.302 e. The second kappa shape index (κ2) is 4.23. The van der Waals surface area contributed by atoms with Gasteiger partial charge in [0.1, 0.15) is 13.3 Å². The van der Waals surface area contributed by atoms with Crippen LogP contribution in [0.4, 0.5) is 8.78 Å². The van der Waals surface area contributed by atoms with Crippen molar-refractivity contribution in [2.45, 2.75) is 13.1 Å². The van der Waals surface area contributed by atoms with Crippen molar-refractivity contribution >= 4 is 5.97 Å². The SMILES string of the molecule is CC(=O)OCC(F)CF. The van der Waals surface area contributed by atoms with Crippen LogP contribution in [0.15, 0.2) is 0 Å². The molecular weight excluding hydrogens is 130 g/mol. The summed E-state index contributed by atoms with van der Waals surface area (Å²) >= 11 is 0. The van der Waals surface area contributed by atoms with Crippen molar-refractivity contribution in [2.24, 2.45) is 0 Å². The van der Waals surface area contributed by atoms with E-state index in [1.807, 2.05) is 0 Å². The first-order valence-electron chi connectivity index (χ1n) is 2.50. The fraction of sp³-hybridized carbons (Fsp3) is 0.800. The predicted molar refractivity (Wildman–Crippen MR) is 27.5 cm³/mol. The summed E-state index contributed by atoms with van der Waals surface area (Å²) in [6.07, 6.45) is -1.67. The van der Waals surface area contributed by atoms with E-state index in [-0.39, 0.29) is 0 Å². The van der Waals surface area contributed by atoms with Crippen molar-refractivity contribution in [2.75, 3.05) is 13.3 Å². The number of rotatable bonds is 3. The summed E-state index contributed by atoms with van der Waals surface area (Å²) in [7, 11) is 0. The van der Waals surface area contributed by atoms with Crippen LogP contribution >= 0.6 is 0 Å². The average Bonchev–Trinajstić information content (AvgIpc) is 1.83. The maximum atomic E-state index is 11.8. The molecule has 0 aromatic carbocycles. The molecule has 0 rings (SSSR count). The molecule has 54 valence electrons. The van der Waals surface area contributed by atoms with Crippen molar-refractivity contribution in [1.29, 1.82) is 0 Å². The van der Waals surface area contributed by atoms with Crippen LogP contribution < -0.4 is 0 Å². The number of hydrogen-bond acceptors (Lipinski definition) is 2. The molecule has 1 unspecified atom stereocenters. The Labute approximate surface area is 51.8 Å². The van der Waals surface area contributed by atoms with E-state index in [1.165, 1.54) is 0 Å². The Morgan fingerprint density at radius 1 is 1.78 bits per heavy atom. The molecular formula is C5H8F2O2. The number of alkyl halides is 2.